The van der Waals surface area contributed by atoms with Gasteiger partial charge in [-0.15, -0.1) is 0 Å². The Balaban J connectivity index is 1.29. The summed E-state index contributed by atoms with van der Waals surface area (Å²) < 4.78 is 0. The maximum atomic E-state index is 13.0. The Hall–Kier alpha value is -3.19. The number of hydrogen-bond acceptors (Lipinski definition) is 4. The number of rotatable bonds is 7. The molecular formula is C27H34N4O3. The third-order valence-electron chi connectivity index (χ3n) is 6.87. The van der Waals surface area contributed by atoms with Crippen molar-refractivity contribution in [1.29, 1.82) is 0 Å². The van der Waals surface area contributed by atoms with Crippen molar-refractivity contribution < 1.29 is 14.4 Å². The van der Waals surface area contributed by atoms with Gasteiger partial charge < -0.3 is 10.6 Å². The van der Waals surface area contributed by atoms with Gasteiger partial charge in [0.15, 0.2) is 0 Å². The van der Waals surface area contributed by atoms with Gasteiger partial charge in [0, 0.05) is 19.6 Å². The molecule has 180 valence electrons. The van der Waals surface area contributed by atoms with Crippen molar-refractivity contribution in [2.24, 2.45) is 5.92 Å². The van der Waals surface area contributed by atoms with Crippen molar-refractivity contribution in [1.82, 2.24) is 20.4 Å². The van der Waals surface area contributed by atoms with E-state index >= 15 is 0 Å². The molecule has 2 aliphatic heterocycles. The number of nitrogens with zero attached hydrogens (tertiary/aromatic N) is 2. The number of amides is 4. The zero-order chi connectivity index (χ0) is 24.3. The molecule has 0 spiro atoms. The van der Waals surface area contributed by atoms with Crippen molar-refractivity contribution in [3.63, 3.8) is 0 Å². The van der Waals surface area contributed by atoms with Gasteiger partial charge in [0.1, 0.15) is 12.1 Å². The molecule has 2 aromatic carbocycles. The molecule has 34 heavy (non-hydrogen) atoms. The van der Waals surface area contributed by atoms with Crippen molar-refractivity contribution >= 4 is 17.8 Å². The molecule has 0 bridgehead atoms. The number of piperidine rings is 1. The summed E-state index contributed by atoms with van der Waals surface area (Å²) in [6.45, 7) is 9.21. The van der Waals surface area contributed by atoms with Crippen molar-refractivity contribution in [2.45, 2.75) is 52.2 Å². The predicted octanol–water partition coefficient (Wildman–Crippen LogP) is 3.31. The minimum atomic E-state index is -1.17. The van der Waals surface area contributed by atoms with Gasteiger partial charge in [-0.25, -0.2) is 4.79 Å². The lowest BCUT2D eigenvalue weighted by atomic mass is 9.91. The molecule has 4 rings (SSSR count). The fourth-order valence-corrected chi connectivity index (χ4v) is 4.77. The van der Waals surface area contributed by atoms with E-state index in [0.29, 0.717) is 12.1 Å². The first-order valence-electron chi connectivity index (χ1n) is 12.0. The number of carbonyl (C=O) groups is 3. The van der Waals surface area contributed by atoms with Crippen LogP contribution in [0.1, 0.15) is 48.9 Å². The van der Waals surface area contributed by atoms with Gasteiger partial charge in [0.05, 0.1) is 0 Å². The van der Waals surface area contributed by atoms with Crippen LogP contribution in [0.3, 0.4) is 0 Å². The van der Waals surface area contributed by atoms with Crippen molar-refractivity contribution in [3.05, 3.63) is 70.8 Å². The number of aryl methyl sites for hydroxylation is 1. The molecule has 7 heteroatoms. The Kier molecular flexibility index (Phi) is 7.03. The second-order valence-electron chi connectivity index (χ2n) is 9.89. The predicted molar refractivity (Wildman–Crippen MR) is 131 cm³/mol. The van der Waals surface area contributed by atoms with Crippen LogP contribution in [-0.4, -0.2) is 47.3 Å². The van der Waals surface area contributed by atoms with Gasteiger partial charge in [-0.2, -0.15) is 0 Å². The van der Waals surface area contributed by atoms with Gasteiger partial charge in [-0.3, -0.25) is 19.4 Å². The smallest absolute Gasteiger partial charge is 0.325 e. The Bertz CT molecular complexity index is 1050. The van der Waals surface area contributed by atoms with Gasteiger partial charge in [-0.05, 0) is 55.8 Å². The minimum Gasteiger partial charge on any atom is -0.350 e. The molecule has 4 amide bonds. The first-order valence-corrected chi connectivity index (χ1v) is 12.0. The summed E-state index contributed by atoms with van der Waals surface area (Å²) in [6.07, 6.45) is 2.57. The lowest BCUT2D eigenvalue weighted by Gasteiger charge is -2.30. The average molecular weight is 463 g/mol. The summed E-state index contributed by atoms with van der Waals surface area (Å²) >= 11 is 0. The van der Waals surface area contributed by atoms with Crippen LogP contribution in [0.15, 0.2) is 48.5 Å². The number of nitrogens with one attached hydrogen (secondary N) is 2. The summed E-state index contributed by atoms with van der Waals surface area (Å²) in [5.74, 6) is -0.0431. The molecule has 0 radical (unpaired) electrons. The minimum absolute atomic E-state index is 0.308. The highest BCUT2D eigenvalue weighted by molar-refractivity contribution is 6.09. The molecule has 0 aliphatic carbocycles. The molecule has 2 N–H and O–H groups in total. The van der Waals surface area contributed by atoms with E-state index in [9.17, 15) is 14.4 Å². The summed E-state index contributed by atoms with van der Waals surface area (Å²) in [7, 11) is 0. The molecule has 2 fully saturated rings. The standard InChI is InChI=1S/C27H34N4O3/c1-19-6-12-23(13-7-19)27(3)25(33)31(26(34)29-27)18-24(32)28-15-21-8-10-22(11-9-21)17-30-14-4-5-20(2)16-30/h6-13,20H,4-5,14-18H2,1-3H3,(H,28,32)(H,29,34). The van der Waals surface area contributed by atoms with Crippen LogP contribution >= 0.6 is 0 Å². The molecule has 2 saturated heterocycles. The number of likely N-dealkylation sites (tertiary alicyclic amines) is 1. The highest BCUT2D eigenvalue weighted by Gasteiger charge is 2.49. The van der Waals surface area contributed by atoms with Gasteiger partial charge in [0.2, 0.25) is 5.91 Å². The normalized spacial score (nSPS) is 23.1. The second kappa shape index (κ2) is 9.97. The third-order valence-corrected chi connectivity index (χ3v) is 6.87. The lowest BCUT2D eigenvalue weighted by molar-refractivity contribution is -0.134. The Labute approximate surface area is 201 Å². The summed E-state index contributed by atoms with van der Waals surface area (Å²) in [5.41, 5.74) is 2.82. The first-order chi connectivity index (χ1) is 16.2. The van der Waals surface area contributed by atoms with Crippen LogP contribution in [-0.2, 0) is 28.2 Å². The molecule has 2 heterocycles. The van der Waals surface area contributed by atoms with E-state index < -0.39 is 17.5 Å². The van der Waals surface area contributed by atoms with Gasteiger partial charge in [0.25, 0.3) is 5.91 Å². The fourth-order valence-electron chi connectivity index (χ4n) is 4.77. The SMILES string of the molecule is Cc1ccc(C2(C)NC(=O)N(CC(=O)NCc3ccc(CN4CCCC(C)C4)cc3)C2=O)cc1. The molecule has 2 unspecified atom stereocenters. The van der Waals surface area contributed by atoms with Crippen LogP contribution in [0.4, 0.5) is 4.79 Å². The Morgan fingerprint density at radius 3 is 2.44 bits per heavy atom. The number of benzene rings is 2. The highest BCUT2D eigenvalue weighted by atomic mass is 16.2. The molecule has 2 aromatic rings. The van der Waals surface area contributed by atoms with Crippen LogP contribution in [0.5, 0.6) is 0 Å². The summed E-state index contributed by atoms with van der Waals surface area (Å²) in [5, 5.41) is 5.57. The van der Waals surface area contributed by atoms with Gasteiger partial charge in [-0.1, -0.05) is 61.0 Å². The topological polar surface area (TPSA) is 81.8 Å². The maximum Gasteiger partial charge on any atom is 0.325 e. The van der Waals surface area contributed by atoms with E-state index in [1.54, 1.807) is 6.92 Å². The van der Waals surface area contributed by atoms with Crippen LogP contribution in [0.2, 0.25) is 0 Å². The van der Waals surface area contributed by atoms with E-state index in [-0.39, 0.29) is 12.5 Å². The maximum absolute atomic E-state index is 13.0. The molecular weight excluding hydrogens is 428 g/mol. The van der Waals surface area contributed by atoms with E-state index in [0.717, 1.165) is 41.6 Å². The molecule has 2 aliphatic rings. The van der Waals surface area contributed by atoms with Crippen LogP contribution < -0.4 is 10.6 Å². The molecule has 0 aromatic heterocycles. The number of hydrogen-bond donors (Lipinski definition) is 2. The van der Waals surface area contributed by atoms with Gasteiger partial charge >= 0.3 is 6.03 Å². The largest absolute Gasteiger partial charge is 0.350 e. The number of carbonyl (C=O) groups excluding carboxylic acids is 3. The number of urea groups is 1. The monoisotopic (exact) mass is 462 g/mol. The first kappa shape index (κ1) is 24.0. The number of imide groups is 1. The van der Waals surface area contributed by atoms with E-state index in [2.05, 4.69) is 34.6 Å². The molecule has 0 saturated carbocycles. The zero-order valence-electron chi connectivity index (χ0n) is 20.3. The van der Waals surface area contributed by atoms with Crippen LogP contribution in [0.25, 0.3) is 0 Å². The van der Waals surface area contributed by atoms with Crippen LogP contribution in [0, 0.1) is 12.8 Å². The summed E-state index contributed by atoms with van der Waals surface area (Å²) in [6, 6.07) is 15.1. The van der Waals surface area contributed by atoms with Crippen molar-refractivity contribution in [3.8, 4) is 0 Å². The molecule has 7 nitrogen and oxygen atoms in total. The second-order valence-corrected chi connectivity index (χ2v) is 9.89. The zero-order valence-corrected chi connectivity index (χ0v) is 20.3. The highest BCUT2D eigenvalue weighted by Crippen LogP contribution is 2.28. The summed E-state index contributed by atoms with van der Waals surface area (Å²) in [4.78, 5) is 41.5. The van der Waals surface area contributed by atoms with E-state index in [4.69, 9.17) is 0 Å². The molecule has 2 atom stereocenters. The Morgan fingerprint density at radius 2 is 1.76 bits per heavy atom. The van der Waals surface area contributed by atoms with Crippen molar-refractivity contribution in [2.75, 3.05) is 19.6 Å². The van der Waals surface area contributed by atoms with E-state index in [1.165, 1.54) is 18.4 Å². The van der Waals surface area contributed by atoms with E-state index in [1.807, 2.05) is 43.3 Å². The third kappa shape index (κ3) is 5.30. The average Bonchev–Trinajstić information content (AvgIpc) is 3.03. The quantitative estimate of drug-likeness (QED) is 0.619. The lowest BCUT2D eigenvalue weighted by Crippen LogP contribution is -2.43. The fraction of sp³-hybridized carbons (Fsp3) is 0.444. The Morgan fingerprint density at radius 1 is 1.09 bits per heavy atom.